The Kier molecular flexibility index (Phi) is 9.81. The van der Waals surface area contributed by atoms with E-state index in [1.54, 1.807) is 7.05 Å². The smallest absolute Gasteiger partial charge is 0.191 e. The Bertz CT molecular complexity index is 201. The van der Waals surface area contributed by atoms with Crippen LogP contribution in [0.1, 0.15) is 20.3 Å². The molecule has 0 aromatic rings. The lowest BCUT2D eigenvalue weighted by atomic mass is 10.4. The molecule has 4 heteroatoms. The molecule has 0 spiro atoms. The molecular formula is C12H26N4. The molecule has 0 saturated heterocycles. The summed E-state index contributed by atoms with van der Waals surface area (Å²) in [4.78, 5) is 6.55. The van der Waals surface area contributed by atoms with Gasteiger partial charge in [0.15, 0.2) is 5.96 Å². The quantitative estimate of drug-likeness (QED) is 0.369. The van der Waals surface area contributed by atoms with Crippen molar-refractivity contribution in [2.45, 2.75) is 20.3 Å². The van der Waals surface area contributed by atoms with E-state index in [1.807, 2.05) is 6.08 Å². The summed E-state index contributed by atoms with van der Waals surface area (Å²) in [6, 6.07) is 0. The highest BCUT2D eigenvalue weighted by molar-refractivity contribution is 5.79. The maximum Gasteiger partial charge on any atom is 0.191 e. The Balaban J connectivity index is 3.71. The SMILES string of the molecule is C=CCNC(=NC)NCCN(CC)CCC. The van der Waals surface area contributed by atoms with E-state index in [1.165, 1.54) is 6.42 Å². The molecule has 0 rings (SSSR count). The predicted molar refractivity (Wildman–Crippen MR) is 72.0 cm³/mol. The van der Waals surface area contributed by atoms with Gasteiger partial charge in [0.25, 0.3) is 0 Å². The molecule has 0 amide bonds. The summed E-state index contributed by atoms with van der Waals surface area (Å²) in [5.74, 6) is 0.840. The molecule has 0 aromatic heterocycles. The van der Waals surface area contributed by atoms with Gasteiger partial charge in [-0.1, -0.05) is 19.9 Å². The highest BCUT2D eigenvalue weighted by atomic mass is 15.2. The summed E-state index contributed by atoms with van der Waals surface area (Å²) in [7, 11) is 1.78. The Labute approximate surface area is 99.8 Å². The first kappa shape index (κ1) is 15.0. The van der Waals surface area contributed by atoms with Crippen molar-refractivity contribution >= 4 is 5.96 Å². The van der Waals surface area contributed by atoms with Crippen molar-refractivity contribution in [1.82, 2.24) is 15.5 Å². The molecule has 0 atom stereocenters. The van der Waals surface area contributed by atoms with E-state index in [-0.39, 0.29) is 0 Å². The second kappa shape index (κ2) is 10.5. The van der Waals surface area contributed by atoms with Crippen LogP contribution < -0.4 is 10.6 Å². The van der Waals surface area contributed by atoms with E-state index in [9.17, 15) is 0 Å². The summed E-state index contributed by atoms with van der Waals surface area (Å²) >= 11 is 0. The molecule has 16 heavy (non-hydrogen) atoms. The molecule has 0 bridgehead atoms. The second-order valence-corrected chi connectivity index (χ2v) is 3.60. The van der Waals surface area contributed by atoms with Gasteiger partial charge in [0.05, 0.1) is 0 Å². The monoisotopic (exact) mass is 226 g/mol. The highest BCUT2D eigenvalue weighted by Crippen LogP contribution is 1.88. The summed E-state index contributed by atoms with van der Waals surface area (Å²) in [5, 5.41) is 6.42. The van der Waals surface area contributed by atoms with Crippen molar-refractivity contribution in [2.24, 2.45) is 4.99 Å². The third kappa shape index (κ3) is 7.29. The number of likely N-dealkylation sites (N-methyl/N-ethyl adjacent to an activating group) is 1. The molecule has 4 nitrogen and oxygen atoms in total. The van der Waals surface area contributed by atoms with E-state index in [0.29, 0.717) is 0 Å². The van der Waals surface area contributed by atoms with Crippen molar-refractivity contribution in [3.05, 3.63) is 12.7 Å². The van der Waals surface area contributed by atoms with Gasteiger partial charge in [-0.25, -0.2) is 0 Å². The van der Waals surface area contributed by atoms with Crippen LogP contribution in [0.25, 0.3) is 0 Å². The van der Waals surface area contributed by atoms with Gasteiger partial charge in [-0.2, -0.15) is 0 Å². The van der Waals surface area contributed by atoms with Crippen LogP contribution in [-0.4, -0.2) is 50.6 Å². The van der Waals surface area contributed by atoms with E-state index in [0.717, 1.165) is 38.7 Å². The zero-order valence-corrected chi connectivity index (χ0v) is 10.9. The van der Waals surface area contributed by atoms with Crippen molar-refractivity contribution in [3.8, 4) is 0 Å². The zero-order valence-electron chi connectivity index (χ0n) is 10.9. The minimum absolute atomic E-state index is 0.742. The number of nitrogens with zero attached hydrogens (tertiary/aromatic N) is 2. The Morgan fingerprint density at radius 3 is 2.56 bits per heavy atom. The highest BCUT2D eigenvalue weighted by Gasteiger charge is 2.00. The van der Waals surface area contributed by atoms with E-state index >= 15 is 0 Å². The van der Waals surface area contributed by atoms with E-state index < -0.39 is 0 Å². The van der Waals surface area contributed by atoms with Gasteiger partial charge in [0.2, 0.25) is 0 Å². The van der Waals surface area contributed by atoms with Crippen LogP contribution in [0, 0.1) is 0 Å². The predicted octanol–water partition coefficient (Wildman–Crippen LogP) is 1.07. The zero-order chi connectivity index (χ0) is 12.2. The van der Waals surface area contributed by atoms with Gasteiger partial charge >= 0.3 is 0 Å². The van der Waals surface area contributed by atoms with Crippen LogP contribution in [0.4, 0.5) is 0 Å². The van der Waals surface area contributed by atoms with Gasteiger partial charge in [0, 0.05) is 26.7 Å². The normalized spacial score (nSPS) is 11.6. The largest absolute Gasteiger partial charge is 0.355 e. The molecule has 94 valence electrons. The molecule has 0 aliphatic rings. The van der Waals surface area contributed by atoms with Gasteiger partial charge in [0.1, 0.15) is 0 Å². The number of guanidine groups is 1. The average molecular weight is 226 g/mol. The van der Waals surface area contributed by atoms with Crippen molar-refractivity contribution in [1.29, 1.82) is 0 Å². The lowest BCUT2D eigenvalue weighted by molar-refractivity contribution is 0.293. The lowest BCUT2D eigenvalue weighted by Gasteiger charge is -2.20. The summed E-state index contributed by atoms with van der Waals surface area (Å²) in [6.07, 6.45) is 3.03. The first-order valence-corrected chi connectivity index (χ1v) is 6.06. The first-order valence-electron chi connectivity index (χ1n) is 6.06. The minimum Gasteiger partial charge on any atom is -0.355 e. The van der Waals surface area contributed by atoms with Crippen LogP contribution in [0.2, 0.25) is 0 Å². The fourth-order valence-corrected chi connectivity index (χ4v) is 1.47. The van der Waals surface area contributed by atoms with Gasteiger partial charge in [-0.3, -0.25) is 4.99 Å². The Morgan fingerprint density at radius 2 is 2.06 bits per heavy atom. The minimum atomic E-state index is 0.742. The van der Waals surface area contributed by atoms with Crippen LogP contribution in [0.3, 0.4) is 0 Å². The Morgan fingerprint density at radius 1 is 1.31 bits per heavy atom. The Hall–Kier alpha value is -1.03. The maximum absolute atomic E-state index is 4.12. The molecule has 0 aromatic carbocycles. The summed E-state index contributed by atoms with van der Waals surface area (Å²) in [6.45, 7) is 13.1. The fraction of sp³-hybridized carbons (Fsp3) is 0.750. The molecule has 0 radical (unpaired) electrons. The standard InChI is InChI=1S/C12H26N4/c1-5-8-14-12(13-4)15-9-11-16(7-3)10-6-2/h5H,1,6-11H2,2-4H3,(H2,13,14,15). The molecule has 0 heterocycles. The van der Waals surface area contributed by atoms with Crippen LogP contribution >= 0.6 is 0 Å². The third-order valence-electron chi connectivity index (χ3n) is 2.34. The molecular weight excluding hydrogens is 200 g/mol. The van der Waals surface area contributed by atoms with Crippen molar-refractivity contribution < 1.29 is 0 Å². The topological polar surface area (TPSA) is 39.7 Å². The number of rotatable bonds is 8. The molecule has 2 N–H and O–H groups in total. The van der Waals surface area contributed by atoms with Crippen LogP contribution in [0.5, 0.6) is 0 Å². The van der Waals surface area contributed by atoms with Crippen molar-refractivity contribution in [3.63, 3.8) is 0 Å². The molecule has 0 saturated carbocycles. The average Bonchev–Trinajstić information content (AvgIpc) is 2.32. The summed E-state index contributed by atoms with van der Waals surface area (Å²) in [5.41, 5.74) is 0. The van der Waals surface area contributed by atoms with Gasteiger partial charge in [-0.05, 0) is 19.5 Å². The van der Waals surface area contributed by atoms with Gasteiger partial charge in [-0.15, -0.1) is 6.58 Å². The third-order valence-corrected chi connectivity index (χ3v) is 2.34. The molecule has 0 aliphatic heterocycles. The maximum atomic E-state index is 4.12. The number of aliphatic imine (C=N–C) groups is 1. The molecule has 0 aliphatic carbocycles. The lowest BCUT2D eigenvalue weighted by Crippen LogP contribution is -2.41. The number of hydrogen-bond acceptors (Lipinski definition) is 2. The summed E-state index contributed by atoms with van der Waals surface area (Å²) < 4.78 is 0. The van der Waals surface area contributed by atoms with Crippen molar-refractivity contribution in [2.75, 3.05) is 39.8 Å². The van der Waals surface area contributed by atoms with Crippen LogP contribution in [-0.2, 0) is 0 Å². The fourth-order valence-electron chi connectivity index (χ4n) is 1.47. The molecule has 0 fully saturated rings. The van der Waals surface area contributed by atoms with Gasteiger partial charge < -0.3 is 15.5 Å². The number of nitrogens with one attached hydrogen (secondary N) is 2. The van der Waals surface area contributed by atoms with Crippen LogP contribution in [0.15, 0.2) is 17.6 Å². The second-order valence-electron chi connectivity index (χ2n) is 3.60. The first-order chi connectivity index (χ1) is 7.78. The molecule has 0 unspecified atom stereocenters. The number of hydrogen-bond donors (Lipinski definition) is 2. The van der Waals surface area contributed by atoms with E-state index in [4.69, 9.17) is 0 Å². The van der Waals surface area contributed by atoms with E-state index in [2.05, 4.69) is 41.0 Å².